The highest BCUT2D eigenvalue weighted by Gasteiger charge is 2.31. The molecular formula is C15H12N2O3S2. The fraction of sp³-hybridized carbons (Fsp3) is 0.200. The standard InChI is InChI=1S/C15H12N2O3S2/c16-9-11-4-1-3-10(7-11)8-12-14(20)17(15(21)22-12)6-2-5-13(18)19/h1,3-4,7-8H,2,5-6H2,(H,18,19)/b12-8+. The first-order valence-electron chi connectivity index (χ1n) is 6.48. The van der Waals surface area contributed by atoms with E-state index in [0.29, 0.717) is 27.8 Å². The number of thioether (sulfide) groups is 1. The number of carbonyl (C=O) groups is 2. The summed E-state index contributed by atoms with van der Waals surface area (Å²) in [6.07, 6.45) is 2.05. The van der Waals surface area contributed by atoms with Crippen LogP contribution in [0, 0.1) is 11.3 Å². The van der Waals surface area contributed by atoms with Crippen molar-refractivity contribution in [2.45, 2.75) is 12.8 Å². The number of hydrogen-bond acceptors (Lipinski definition) is 5. The van der Waals surface area contributed by atoms with Gasteiger partial charge in [-0.3, -0.25) is 14.5 Å². The molecule has 2 rings (SSSR count). The van der Waals surface area contributed by atoms with E-state index in [0.717, 1.165) is 5.56 Å². The number of thiocarbonyl (C=S) groups is 1. The maximum atomic E-state index is 12.3. The quantitative estimate of drug-likeness (QED) is 0.659. The Morgan fingerprint density at radius 3 is 2.95 bits per heavy atom. The Kier molecular flexibility index (Phi) is 5.31. The van der Waals surface area contributed by atoms with E-state index >= 15 is 0 Å². The second-order valence-electron chi connectivity index (χ2n) is 4.57. The number of nitriles is 1. The second kappa shape index (κ2) is 7.20. The molecule has 1 aromatic carbocycles. The smallest absolute Gasteiger partial charge is 0.303 e. The Labute approximate surface area is 137 Å². The van der Waals surface area contributed by atoms with Crippen LogP contribution < -0.4 is 0 Å². The number of carboxylic acid groups (broad SMARTS) is 1. The predicted octanol–water partition coefficient (Wildman–Crippen LogP) is 2.62. The van der Waals surface area contributed by atoms with Gasteiger partial charge in [0.05, 0.1) is 16.5 Å². The number of benzene rings is 1. The Morgan fingerprint density at radius 1 is 1.50 bits per heavy atom. The molecule has 1 aromatic rings. The third kappa shape index (κ3) is 3.93. The van der Waals surface area contributed by atoms with Crippen molar-refractivity contribution in [3.8, 4) is 6.07 Å². The summed E-state index contributed by atoms with van der Waals surface area (Å²) in [5.74, 6) is -1.11. The summed E-state index contributed by atoms with van der Waals surface area (Å²) >= 11 is 6.35. The first-order chi connectivity index (χ1) is 10.5. The lowest BCUT2D eigenvalue weighted by atomic mass is 10.1. The van der Waals surface area contributed by atoms with Gasteiger partial charge in [0.1, 0.15) is 4.32 Å². The Morgan fingerprint density at radius 2 is 2.27 bits per heavy atom. The molecule has 1 amide bonds. The summed E-state index contributed by atoms with van der Waals surface area (Å²) in [4.78, 5) is 24.7. The van der Waals surface area contributed by atoms with Crippen LogP contribution in [0.25, 0.3) is 6.08 Å². The van der Waals surface area contributed by atoms with Gasteiger partial charge in [-0.25, -0.2) is 0 Å². The molecule has 0 saturated carbocycles. The number of amides is 1. The minimum Gasteiger partial charge on any atom is -0.481 e. The van der Waals surface area contributed by atoms with Gasteiger partial charge in [-0.2, -0.15) is 5.26 Å². The SMILES string of the molecule is N#Cc1cccc(/C=C2/SC(=S)N(CCCC(=O)O)C2=O)c1. The molecule has 0 bridgehead atoms. The molecule has 22 heavy (non-hydrogen) atoms. The lowest BCUT2D eigenvalue weighted by Gasteiger charge is -2.13. The Balaban J connectivity index is 2.11. The van der Waals surface area contributed by atoms with Crippen molar-refractivity contribution in [2.75, 3.05) is 6.54 Å². The van der Waals surface area contributed by atoms with Crippen molar-refractivity contribution in [2.24, 2.45) is 0 Å². The number of nitrogens with zero attached hydrogens (tertiary/aromatic N) is 2. The zero-order valence-electron chi connectivity index (χ0n) is 11.5. The van der Waals surface area contributed by atoms with Gasteiger partial charge >= 0.3 is 5.97 Å². The molecule has 0 unspecified atom stereocenters. The van der Waals surface area contributed by atoms with Gasteiger partial charge in [-0.15, -0.1) is 0 Å². The fourth-order valence-electron chi connectivity index (χ4n) is 1.93. The molecule has 5 nitrogen and oxygen atoms in total. The molecule has 1 N–H and O–H groups in total. The second-order valence-corrected chi connectivity index (χ2v) is 6.24. The van der Waals surface area contributed by atoms with E-state index in [2.05, 4.69) is 0 Å². The highest BCUT2D eigenvalue weighted by atomic mass is 32.2. The van der Waals surface area contributed by atoms with Gasteiger partial charge in [-0.05, 0) is 30.2 Å². The summed E-state index contributed by atoms with van der Waals surface area (Å²) in [5, 5.41) is 17.5. The third-order valence-corrected chi connectivity index (χ3v) is 4.34. The fourth-order valence-corrected chi connectivity index (χ4v) is 3.24. The molecule has 0 aromatic heterocycles. The van der Waals surface area contributed by atoms with E-state index in [9.17, 15) is 9.59 Å². The molecule has 112 valence electrons. The van der Waals surface area contributed by atoms with E-state index < -0.39 is 5.97 Å². The molecule has 0 aliphatic carbocycles. The van der Waals surface area contributed by atoms with Crippen LogP contribution in [0.3, 0.4) is 0 Å². The van der Waals surface area contributed by atoms with Gasteiger partial charge < -0.3 is 5.11 Å². The number of aliphatic carboxylic acids is 1. The van der Waals surface area contributed by atoms with Crippen LogP contribution in [0.5, 0.6) is 0 Å². The molecule has 1 aliphatic rings. The lowest BCUT2D eigenvalue weighted by molar-refractivity contribution is -0.137. The van der Waals surface area contributed by atoms with Gasteiger partial charge in [0.15, 0.2) is 0 Å². The molecule has 1 heterocycles. The van der Waals surface area contributed by atoms with Crippen LogP contribution >= 0.6 is 24.0 Å². The van der Waals surface area contributed by atoms with Crippen molar-refractivity contribution in [1.29, 1.82) is 5.26 Å². The maximum absolute atomic E-state index is 12.3. The predicted molar refractivity (Wildman–Crippen MR) is 87.9 cm³/mol. The summed E-state index contributed by atoms with van der Waals surface area (Å²) < 4.78 is 0.429. The van der Waals surface area contributed by atoms with Gasteiger partial charge in [0.2, 0.25) is 0 Å². The van der Waals surface area contributed by atoms with Crippen LogP contribution in [0.4, 0.5) is 0 Å². The van der Waals surface area contributed by atoms with E-state index in [1.54, 1.807) is 30.3 Å². The van der Waals surface area contributed by atoms with Crippen LogP contribution in [0.1, 0.15) is 24.0 Å². The molecular weight excluding hydrogens is 320 g/mol. The van der Waals surface area contributed by atoms with Crippen molar-refractivity contribution in [1.82, 2.24) is 4.90 Å². The van der Waals surface area contributed by atoms with E-state index in [4.69, 9.17) is 22.6 Å². The highest BCUT2D eigenvalue weighted by Crippen LogP contribution is 2.32. The summed E-state index contributed by atoms with van der Waals surface area (Å²) in [5.41, 5.74) is 1.27. The molecule has 0 radical (unpaired) electrons. The molecule has 7 heteroatoms. The highest BCUT2D eigenvalue weighted by molar-refractivity contribution is 8.26. The molecule has 1 aliphatic heterocycles. The largest absolute Gasteiger partial charge is 0.481 e. The van der Waals surface area contributed by atoms with Gasteiger partial charge in [0.25, 0.3) is 5.91 Å². The molecule has 0 spiro atoms. The zero-order valence-corrected chi connectivity index (χ0v) is 13.1. The number of carboxylic acids is 1. The Bertz CT molecular complexity index is 707. The first-order valence-corrected chi connectivity index (χ1v) is 7.71. The van der Waals surface area contributed by atoms with Gasteiger partial charge in [-0.1, -0.05) is 36.1 Å². The molecule has 1 fully saturated rings. The lowest BCUT2D eigenvalue weighted by Crippen LogP contribution is -2.29. The van der Waals surface area contributed by atoms with Crippen LogP contribution in [-0.2, 0) is 9.59 Å². The van der Waals surface area contributed by atoms with E-state index in [1.807, 2.05) is 6.07 Å². The van der Waals surface area contributed by atoms with Crippen molar-refractivity contribution >= 4 is 46.3 Å². The van der Waals surface area contributed by atoms with E-state index in [-0.39, 0.29) is 12.3 Å². The maximum Gasteiger partial charge on any atom is 0.303 e. The summed E-state index contributed by atoms with van der Waals surface area (Å²) in [6, 6.07) is 8.98. The number of hydrogen-bond donors (Lipinski definition) is 1. The number of carbonyl (C=O) groups excluding carboxylic acids is 1. The normalized spacial score (nSPS) is 16.1. The zero-order chi connectivity index (χ0) is 16.1. The van der Waals surface area contributed by atoms with Crippen molar-refractivity contribution in [3.63, 3.8) is 0 Å². The van der Waals surface area contributed by atoms with Crippen LogP contribution in [0.15, 0.2) is 29.2 Å². The van der Waals surface area contributed by atoms with E-state index in [1.165, 1.54) is 16.7 Å². The number of rotatable bonds is 5. The first kappa shape index (κ1) is 16.2. The van der Waals surface area contributed by atoms with Crippen LogP contribution in [-0.4, -0.2) is 32.7 Å². The van der Waals surface area contributed by atoms with Crippen LogP contribution in [0.2, 0.25) is 0 Å². The monoisotopic (exact) mass is 332 g/mol. The average Bonchev–Trinajstić information content (AvgIpc) is 2.74. The average molecular weight is 332 g/mol. The summed E-state index contributed by atoms with van der Waals surface area (Å²) in [7, 11) is 0. The minimum atomic E-state index is -0.894. The molecule has 1 saturated heterocycles. The summed E-state index contributed by atoms with van der Waals surface area (Å²) in [6.45, 7) is 0.298. The minimum absolute atomic E-state index is 0.000320. The van der Waals surface area contributed by atoms with Crippen molar-refractivity contribution < 1.29 is 14.7 Å². The molecule has 0 atom stereocenters. The Hall–Kier alpha value is -2.17. The van der Waals surface area contributed by atoms with Gasteiger partial charge in [0, 0.05) is 13.0 Å². The topological polar surface area (TPSA) is 81.4 Å². The van der Waals surface area contributed by atoms with Crippen molar-refractivity contribution in [3.05, 3.63) is 40.3 Å². The third-order valence-electron chi connectivity index (χ3n) is 2.96.